The maximum Gasteiger partial charge on any atom is 0.221 e. The molecule has 2 aliphatic rings. The first-order chi connectivity index (χ1) is 7.74. The molecule has 0 spiro atoms. The Balaban J connectivity index is 1.95. The average molecular weight is 213 g/mol. The topological polar surface area (TPSA) is 52.3 Å². The third kappa shape index (κ3) is 1.33. The van der Waals surface area contributed by atoms with E-state index >= 15 is 0 Å². The average Bonchev–Trinajstić information content (AvgIpc) is 2.73. The fraction of sp³-hybridized carbons (Fsp3) is 0.154. The summed E-state index contributed by atoms with van der Waals surface area (Å²) in [5, 5.41) is 0. The van der Waals surface area contributed by atoms with Gasteiger partial charge in [0.25, 0.3) is 0 Å². The number of nitrogens with two attached hydrogens (primary N) is 1. The number of hydrogen-bond acceptors (Lipinski definition) is 2. The van der Waals surface area contributed by atoms with E-state index in [1.807, 2.05) is 30.4 Å². The fourth-order valence-electron chi connectivity index (χ4n) is 2.17. The molecule has 0 bridgehead atoms. The Morgan fingerprint density at radius 3 is 3.00 bits per heavy atom. The molecule has 2 N–H and O–H groups in total. The van der Waals surface area contributed by atoms with Gasteiger partial charge < -0.3 is 10.5 Å². The van der Waals surface area contributed by atoms with Crippen LogP contribution in [0.5, 0.6) is 0 Å². The van der Waals surface area contributed by atoms with Crippen LogP contribution in [0.4, 0.5) is 0 Å². The van der Waals surface area contributed by atoms with Crippen molar-refractivity contribution in [3.63, 3.8) is 0 Å². The van der Waals surface area contributed by atoms with Crippen LogP contribution in [-0.4, -0.2) is 12.0 Å². The first-order valence-electron chi connectivity index (χ1n) is 5.22. The largest absolute Gasteiger partial charge is 0.485 e. The van der Waals surface area contributed by atoms with Crippen molar-refractivity contribution in [1.29, 1.82) is 0 Å². The Hall–Kier alpha value is -2.03. The van der Waals surface area contributed by atoms with E-state index in [1.165, 1.54) is 11.1 Å². The molecular weight excluding hydrogens is 202 g/mol. The van der Waals surface area contributed by atoms with Crippen molar-refractivity contribution in [3.8, 4) is 0 Å². The molecule has 1 aliphatic carbocycles. The van der Waals surface area contributed by atoms with Gasteiger partial charge in [0, 0.05) is 5.57 Å². The number of hydrogen-bond donors (Lipinski definition) is 1. The predicted molar refractivity (Wildman–Crippen MR) is 61.1 cm³/mol. The first-order valence-corrected chi connectivity index (χ1v) is 5.22. The van der Waals surface area contributed by atoms with Crippen LogP contribution in [0.3, 0.4) is 0 Å². The molecule has 0 aromatic heterocycles. The van der Waals surface area contributed by atoms with Crippen molar-refractivity contribution in [1.82, 2.24) is 0 Å². The lowest BCUT2D eigenvalue weighted by Gasteiger charge is -2.06. The van der Waals surface area contributed by atoms with Crippen LogP contribution in [0.25, 0.3) is 11.6 Å². The summed E-state index contributed by atoms with van der Waals surface area (Å²) < 4.78 is 5.65. The Morgan fingerprint density at radius 1 is 1.38 bits per heavy atom. The van der Waals surface area contributed by atoms with Gasteiger partial charge in [-0.05, 0) is 23.3 Å². The van der Waals surface area contributed by atoms with Crippen LogP contribution in [0.15, 0.2) is 36.1 Å². The second-order valence-electron chi connectivity index (χ2n) is 4.00. The Labute approximate surface area is 93.2 Å². The van der Waals surface area contributed by atoms with Gasteiger partial charge in [0.05, 0.1) is 6.42 Å². The summed E-state index contributed by atoms with van der Waals surface area (Å²) in [5.41, 5.74) is 8.57. The highest BCUT2D eigenvalue weighted by Gasteiger charge is 2.29. The molecule has 3 nitrogen and oxygen atoms in total. The van der Waals surface area contributed by atoms with E-state index in [2.05, 4.69) is 6.07 Å². The number of carbonyl (C=O) groups excluding carboxylic acids is 1. The zero-order valence-electron chi connectivity index (χ0n) is 8.64. The summed E-state index contributed by atoms with van der Waals surface area (Å²) in [7, 11) is 0. The van der Waals surface area contributed by atoms with Gasteiger partial charge in [-0.15, -0.1) is 0 Å². The van der Waals surface area contributed by atoms with Crippen LogP contribution in [0.1, 0.15) is 17.5 Å². The van der Waals surface area contributed by atoms with E-state index < -0.39 is 0 Å². The van der Waals surface area contributed by atoms with Crippen LogP contribution in [0, 0.1) is 0 Å². The molecule has 1 aromatic carbocycles. The first kappa shape index (κ1) is 9.21. The zero-order valence-corrected chi connectivity index (χ0v) is 8.64. The van der Waals surface area contributed by atoms with Crippen molar-refractivity contribution >= 4 is 17.6 Å². The highest BCUT2D eigenvalue weighted by Crippen LogP contribution is 2.41. The van der Waals surface area contributed by atoms with Gasteiger partial charge in [0.15, 0.2) is 0 Å². The molecule has 1 unspecified atom stereocenters. The van der Waals surface area contributed by atoms with Crippen molar-refractivity contribution in [3.05, 3.63) is 47.2 Å². The predicted octanol–water partition coefficient (Wildman–Crippen LogP) is 1.70. The van der Waals surface area contributed by atoms with Crippen molar-refractivity contribution in [2.45, 2.75) is 12.5 Å². The molecule has 1 aromatic rings. The highest BCUT2D eigenvalue weighted by molar-refractivity contribution is 5.94. The number of ether oxygens (including phenoxy) is 1. The molecule has 3 rings (SSSR count). The normalized spacial score (nSPS) is 20.6. The Bertz CT molecular complexity index is 528. The van der Waals surface area contributed by atoms with Crippen LogP contribution >= 0.6 is 0 Å². The third-order valence-electron chi connectivity index (χ3n) is 2.84. The summed E-state index contributed by atoms with van der Waals surface area (Å²) >= 11 is 0. The SMILES string of the molecule is NC(=O)CC1C=C2C(=Cc3ccccc32)O1. The number of rotatable bonds is 2. The molecule has 0 saturated carbocycles. The van der Waals surface area contributed by atoms with E-state index in [9.17, 15) is 4.79 Å². The van der Waals surface area contributed by atoms with E-state index in [1.54, 1.807) is 0 Å². The Morgan fingerprint density at radius 2 is 2.19 bits per heavy atom. The lowest BCUT2D eigenvalue weighted by atomic mass is 10.1. The number of benzene rings is 1. The molecule has 0 saturated heterocycles. The van der Waals surface area contributed by atoms with Gasteiger partial charge in [-0.3, -0.25) is 4.79 Å². The minimum Gasteiger partial charge on any atom is -0.485 e. The van der Waals surface area contributed by atoms with Gasteiger partial charge in [0.2, 0.25) is 5.91 Å². The van der Waals surface area contributed by atoms with Crippen LogP contribution in [-0.2, 0) is 9.53 Å². The minimum atomic E-state index is -0.337. The summed E-state index contributed by atoms with van der Waals surface area (Å²) in [4.78, 5) is 10.8. The van der Waals surface area contributed by atoms with Gasteiger partial charge in [-0.2, -0.15) is 0 Å². The van der Waals surface area contributed by atoms with Gasteiger partial charge in [0.1, 0.15) is 11.9 Å². The molecule has 3 heteroatoms. The molecule has 1 aliphatic heterocycles. The lowest BCUT2D eigenvalue weighted by molar-refractivity contribution is -0.119. The van der Waals surface area contributed by atoms with E-state index in [-0.39, 0.29) is 18.4 Å². The number of primary amides is 1. The molecule has 80 valence electrons. The molecule has 1 heterocycles. The maximum atomic E-state index is 10.8. The zero-order chi connectivity index (χ0) is 11.1. The molecule has 0 fully saturated rings. The van der Waals surface area contributed by atoms with E-state index in [0.29, 0.717) is 0 Å². The van der Waals surface area contributed by atoms with E-state index in [0.717, 1.165) is 11.3 Å². The highest BCUT2D eigenvalue weighted by atomic mass is 16.5. The maximum absolute atomic E-state index is 10.8. The Kier molecular flexibility index (Phi) is 1.86. The van der Waals surface area contributed by atoms with E-state index in [4.69, 9.17) is 10.5 Å². The summed E-state index contributed by atoms with van der Waals surface area (Å²) in [6, 6.07) is 8.10. The molecule has 16 heavy (non-hydrogen) atoms. The van der Waals surface area contributed by atoms with Crippen molar-refractivity contribution < 1.29 is 9.53 Å². The second-order valence-corrected chi connectivity index (χ2v) is 4.00. The van der Waals surface area contributed by atoms with Crippen LogP contribution < -0.4 is 5.73 Å². The monoisotopic (exact) mass is 213 g/mol. The van der Waals surface area contributed by atoms with Gasteiger partial charge in [-0.25, -0.2) is 0 Å². The number of amides is 1. The molecule has 1 amide bonds. The minimum absolute atomic E-state index is 0.202. The molecular formula is C13H11NO2. The number of fused-ring (bicyclic) bond motifs is 3. The van der Waals surface area contributed by atoms with Gasteiger partial charge >= 0.3 is 0 Å². The summed E-state index contributed by atoms with van der Waals surface area (Å²) in [6.07, 6.45) is 4.01. The molecule has 1 atom stereocenters. The number of allylic oxidation sites excluding steroid dienone is 1. The summed E-state index contributed by atoms with van der Waals surface area (Å²) in [6.45, 7) is 0. The third-order valence-corrected chi connectivity index (χ3v) is 2.84. The second kappa shape index (κ2) is 3.23. The number of carbonyl (C=O) groups is 1. The summed E-state index contributed by atoms with van der Waals surface area (Å²) in [5.74, 6) is 0.517. The smallest absolute Gasteiger partial charge is 0.221 e. The van der Waals surface area contributed by atoms with Crippen molar-refractivity contribution in [2.75, 3.05) is 0 Å². The lowest BCUT2D eigenvalue weighted by Crippen LogP contribution is -2.18. The van der Waals surface area contributed by atoms with Crippen molar-refractivity contribution in [2.24, 2.45) is 5.73 Å². The van der Waals surface area contributed by atoms with Gasteiger partial charge in [-0.1, -0.05) is 24.3 Å². The fourth-order valence-corrected chi connectivity index (χ4v) is 2.17. The quantitative estimate of drug-likeness (QED) is 0.812. The standard InChI is InChI=1S/C13H11NO2/c14-13(15)7-9-6-11-10-4-2-1-3-8(10)5-12(11)16-9/h1-6,9H,7H2,(H2,14,15). The molecule has 0 radical (unpaired) electrons. The van der Waals surface area contributed by atoms with Crippen LogP contribution in [0.2, 0.25) is 0 Å².